The Morgan fingerprint density at radius 1 is 1.31 bits per heavy atom. The Morgan fingerprint density at radius 2 is 2.00 bits per heavy atom. The molecule has 16 heavy (non-hydrogen) atoms. The van der Waals surface area contributed by atoms with E-state index in [1.54, 1.807) is 0 Å². The summed E-state index contributed by atoms with van der Waals surface area (Å²) in [5.74, 6) is 1.73. The summed E-state index contributed by atoms with van der Waals surface area (Å²) in [6, 6.07) is 1.51. The molecule has 4 unspecified atom stereocenters. The van der Waals surface area contributed by atoms with Crippen LogP contribution in [0, 0.1) is 11.8 Å². The van der Waals surface area contributed by atoms with Crippen LogP contribution < -0.4 is 5.32 Å². The summed E-state index contributed by atoms with van der Waals surface area (Å²) < 4.78 is 0. The molecule has 0 aromatic carbocycles. The molecule has 1 N–H and O–H groups in total. The van der Waals surface area contributed by atoms with Crippen LogP contribution in [0.3, 0.4) is 0 Å². The van der Waals surface area contributed by atoms with Crippen molar-refractivity contribution in [3.05, 3.63) is 0 Å². The first-order valence-corrected chi connectivity index (χ1v) is 6.96. The Balaban J connectivity index is 2.42. The normalized spacial score (nSPS) is 33.9. The minimum atomic E-state index is 0.744. The van der Waals surface area contributed by atoms with E-state index < -0.39 is 0 Å². The predicted octanol–water partition coefficient (Wildman–Crippen LogP) is 2.74. The van der Waals surface area contributed by atoms with Gasteiger partial charge in [-0.25, -0.2) is 0 Å². The molecule has 0 aromatic rings. The molecule has 2 heteroatoms. The summed E-state index contributed by atoms with van der Waals surface area (Å²) in [4.78, 5) is 2.73. The van der Waals surface area contributed by atoms with Crippen LogP contribution >= 0.6 is 0 Å². The number of hydrogen-bond donors (Lipinski definition) is 1. The minimum Gasteiger partial charge on any atom is -0.320 e. The van der Waals surface area contributed by atoms with E-state index in [1.165, 1.54) is 25.8 Å². The Labute approximate surface area is 102 Å². The van der Waals surface area contributed by atoms with Gasteiger partial charge in [0.2, 0.25) is 0 Å². The Bertz CT molecular complexity index is 193. The van der Waals surface area contributed by atoms with Crippen molar-refractivity contribution >= 4 is 0 Å². The second-order valence-electron chi connectivity index (χ2n) is 5.85. The van der Waals surface area contributed by atoms with Gasteiger partial charge >= 0.3 is 0 Å². The highest BCUT2D eigenvalue weighted by atomic mass is 15.2. The molecule has 1 saturated heterocycles. The SMILES string of the molecule is CNCCCC(C)N1CC(C)CC(C)C1C. The molecule has 1 aliphatic heterocycles. The summed E-state index contributed by atoms with van der Waals surface area (Å²) in [5.41, 5.74) is 0. The van der Waals surface area contributed by atoms with E-state index in [0.717, 1.165) is 30.5 Å². The van der Waals surface area contributed by atoms with Crippen LogP contribution in [0.15, 0.2) is 0 Å². The van der Waals surface area contributed by atoms with Crippen molar-refractivity contribution < 1.29 is 0 Å². The molecule has 0 spiro atoms. The fraction of sp³-hybridized carbons (Fsp3) is 1.00. The molecule has 96 valence electrons. The molecule has 0 bridgehead atoms. The third kappa shape index (κ3) is 3.74. The lowest BCUT2D eigenvalue weighted by Gasteiger charge is -2.44. The van der Waals surface area contributed by atoms with Crippen LogP contribution in [0.5, 0.6) is 0 Å². The van der Waals surface area contributed by atoms with Crippen LogP contribution in [0.2, 0.25) is 0 Å². The smallest absolute Gasteiger partial charge is 0.00955 e. The minimum absolute atomic E-state index is 0.744. The molecule has 2 nitrogen and oxygen atoms in total. The predicted molar refractivity (Wildman–Crippen MR) is 71.7 cm³/mol. The third-order valence-corrected chi connectivity index (χ3v) is 4.26. The van der Waals surface area contributed by atoms with Crippen LogP contribution in [0.1, 0.15) is 47.0 Å². The lowest BCUT2D eigenvalue weighted by Crippen LogP contribution is -2.50. The van der Waals surface area contributed by atoms with Gasteiger partial charge in [0.15, 0.2) is 0 Å². The summed E-state index contributed by atoms with van der Waals surface area (Å²) in [6.07, 6.45) is 4.02. The zero-order valence-electron chi connectivity index (χ0n) is 11.8. The highest BCUT2D eigenvalue weighted by molar-refractivity contribution is 4.85. The number of likely N-dealkylation sites (tertiary alicyclic amines) is 1. The molecule has 0 amide bonds. The Hall–Kier alpha value is -0.0800. The average molecular weight is 226 g/mol. The van der Waals surface area contributed by atoms with Crippen molar-refractivity contribution in [3.8, 4) is 0 Å². The average Bonchev–Trinajstić information content (AvgIpc) is 2.23. The lowest BCUT2D eigenvalue weighted by molar-refractivity contribution is 0.0429. The number of nitrogens with zero attached hydrogens (tertiary/aromatic N) is 1. The lowest BCUT2D eigenvalue weighted by atomic mass is 9.84. The number of rotatable bonds is 5. The molecular formula is C14H30N2. The van der Waals surface area contributed by atoms with Gasteiger partial charge < -0.3 is 5.32 Å². The number of piperidine rings is 1. The number of nitrogens with one attached hydrogen (secondary N) is 1. The van der Waals surface area contributed by atoms with Gasteiger partial charge in [-0.3, -0.25) is 4.90 Å². The van der Waals surface area contributed by atoms with E-state index >= 15 is 0 Å². The van der Waals surface area contributed by atoms with E-state index in [-0.39, 0.29) is 0 Å². The summed E-state index contributed by atoms with van der Waals surface area (Å²) in [7, 11) is 2.04. The van der Waals surface area contributed by atoms with Gasteiger partial charge in [0, 0.05) is 18.6 Å². The van der Waals surface area contributed by atoms with Gasteiger partial charge in [-0.15, -0.1) is 0 Å². The maximum Gasteiger partial charge on any atom is 0.00955 e. The van der Waals surface area contributed by atoms with Crippen LogP contribution in [0.4, 0.5) is 0 Å². The molecule has 1 rings (SSSR count). The molecule has 4 atom stereocenters. The monoisotopic (exact) mass is 226 g/mol. The van der Waals surface area contributed by atoms with Crippen LogP contribution in [-0.4, -0.2) is 37.1 Å². The van der Waals surface area contributed by atoms with Gasteiger partial charge in [0.1, 0.15) is 0 Å². The van der Waals surface area contributed by atoms with Gasteiger partial charge in [-0.05, 0) is 58.5 Å². The van der Waals surface area contributed by atoms with Crippen molar-refractivity contribution in [2.24, 2.45) is 11.8 Å². The second-order valence-corrected chi connectivity index (χ2v) is 5.85. The first kappa shape index (κ1) is 14.0. The molecule has 1 fully saturated rings. The van der Waals surface area contributed by atoms with E-state index in [2.05, 4.69) is 37.9 Å². The molecule has 0 aromatic heterocycles. The second kappa shape index (κ2) is 6.61. The largest absolute Gasteiger partial charge is 0.320 e. The van der Waals surface area contributed by atoms with E-state index in [0.29, 0.717) is 0 Å². The highest BCUT2D eigenvalue weighted by Gasteiger charge is 2.31. The fourth-order valence-corrected chi connectivity index (χ4v) is 3.08. The molecule has 0 radical (unpaired) electrons. The number of hydrogen-bond acceptors (Lipinski definition) is 2. The summed E-state index contributed by atoms with van der Waals surface area (Å²) in [6.45, 7) is 12.1. The molecule has 1 heterocycles. The van der Waals surface area contributed by atoms with Gasteiger partial charge in [0.25, 0.3) is 0 Å². The zero-order valence-corrected chi connectivity index (χ0v) is 11.8. The fourth-order valence-electron chi connectivity index (χ4n) is 3.08. The van der Waals surface area contributed by atoms with Crippen LogP contribution in [-0.2, 0) is 0 Å². The Kier molecular flexibility index (Phi) is 5.77. The van der Waals surface area contributed by atoms with E-state index in [1.807, 2.05) is 7.05 Å². The molecular weight excluding hydrogens is 196 g/mol. The first-order chi connectivity index (χ1) is 7.56. The quantitative estimate of drug-likeness (QED) is 0.725. The van der Waals surface area contributed by atoms with E-state index in [4.69, 9.17) is 0 Å². The first-order valence-electron chi connectivity index (χ1n) is 6.96. The third-order valence-electron chi connectivity index (χ3n) is 4.26. The summed E-state index contributed by atoms with van der Waals surface area (Å²) in [5, 5.41) is 3.24. The van der Waals surface area contributed by atoms with Crippen LogP contribution in [0.25, 0.3) is 0 Å². The van der Waals surface area contributed by atoms with Gasteiger partial charge in [-0.1, -0.05) is 13.8 Å². The van der Waals surface area contributed by atoms with Crippen molar-refractivity contribution in [1.29, 1.82) is 0 Å². The zero-order chi connectivity index (χ0) is 12.1. The topological polar surface area (TPSA) is 15.3 Å². The maximum absolute atomic E-state index is 3.24. The maximum atomic E-state index is 3.24. The van der Waals surface area contributed by atoms with Gasteiger partial charge in [0.05, 0.1) is 0 Å². The van der Waals surface area contributed by atoms with Crippen molar-refractivity contribution in [3.63, 3.8) is 0 Å². The summed E-state index contributed by atoms with van der Waals surface area (Å²) >= 11 is 0. The van der Waals surface area contributed by atoms with Crippen molar-refractivity contribution in [1.82, 2.24) is 10.2 Å². The molecule has 0 aliphatic carbocycles. The highest BCUT2D eigenvalue weighted by Crippen LogP contribution is 2.29. The van der Waals surface area contributed by atoms with Crippen molar-refractivity contribution in [2.75, 3.05) is 20.1 Å². The van der Waals surface area contributed by atoms with E-state index in [9.17, 15) is 0 Å². The molecule has 1 aliphatic rings. The van der Waals surface area contributed by atoms with Gasteiger partial charge in [-0.2, -0.15) is 0 Å². The Morgan fingerprint density at radius 3 is 2.62 bits per heavy atom. The standard InChI is InChI=1S/C14H30N2/c1-11-9-12(2)14(4)16(10-11)13(3)7-6-8-15-5/h11-15H,6-10H2,1-5H3. The van der Waals surface area contributed by atoms with Crippen molar-refractivity contribution in [2.45, 2.75) is 59.0 Å². The molecule has 0 saturated carbocycles.